The average Bonchev–Trinajstić information content (AvgIpc) is 2.90. The van der Waals surface area contributed by atoms with E-state index in [2.05, 4.69) is 26.8 Å². The third-order valence-electron chi connectivity index (χ3n) is 5.86. The van der Waals surface area contributed by atoms with Crippen molar-refractivity contribution in [1.29, 1.82) is 0 Å². The van der Waals surface area contributed by atoms with Crippen LogP contribution >= 0.6 is 11.6 Å². The van der Waals surface area contributed by atoms with Gasteiger partial charge < -0.3 is 15.0 Å². The Bertz CT molecular complexity index is 1380. The number of nitrogens with zero attached hydrogens (tertiary/aromatic N) is 5. The highest BCUT2D eigenvalue weighted by atomic mass is 35.5. The van der Waals surface area contributed by atoms with Gasteiger partial charge in [-0.3, -0.25) is 4.79 Å². The summed E-state index contributed by atoms with van der Waals surface area (Å²) in [7, 11) is 0. The van der Waals surface area contributed by atoms with Gasteiger partial charge in [0.15, 0.2) is 5.82 Å². The molecule has 0 unspecified atom stereocenters. The minimum Gasteiger partial charge on any atom is -0.438 e. The number of aromatic nitrogens is 4. The second-order valence-corrected chi connectivity index (χ2v) is 8.61. The van der Waals surface area contributed by atoms with Gasteiger partial charge in [0, 0.05) is 24.7 Å². The first-order chi connectivity index (χ1) is 17.1. The molecule has 0 aliphatic carbocycles. The van der Waals surface area contributed by atoms with Gasteiger partial charge in [0.05, 0.1) is 17.4 Å². The fourth-order valence-corrected chi connectivity index (χ4v) is 4.33. The molecule has 1 fully saturated rings. The minimum atomic E-state index is -0.0507. The molecule has 0 bridgehead atoms. The van der Waals surface area contributed by atoms with Crippen molar-refractivity contribution in [3.05, 3.63) is 84.4 Å². The highest BCUT2D eigenvalue weighted by Crippen LogP contribution is 2.32. The number of benzene rings is 1. The lowest BCUT2D eigenvalue weighted by atomic mass is 9.94. The van der Waals surface area contributed by atoms with Crippen LogP contribution in [-0.4, -0.2) is 43.8 Å². The Morgan fingerprint density at radius 3 is 2.83 bits per heavy atom. The third kappa shape index (κ3) is 5.07. The molecule has 4 aromatic rings. The van der Waals surface area contributed by atoms with E-state index in [1.54, 1.807) is 12.3 Å². The molecule has 0 radical (unpaired) electrons. The second kappa shape index (κ2) is 10.1. The first-order valence-corrected chi connectivity index (χ1v) is 11.7. The van der Waals surface area contributed by atoms with Crippen molar-refractivity contribution < 1.29 is 9.53 Å². The molecule has 1 aromatic carbocycles. The molecule has 1 amide bonds. The number of halogens is 1. The van der Waals surface area contributed by atoms with E-state index in [1.165, 1.54) is 12.4 Å². The van der Waals surface area contributed by atoms with Gasteiger partial charge in [0.25, 0.3) is 0 Å². The smallest absolute Gasteiger partial charge is 0.245 e. The normalized spacial score (nSPS) is 15.6. The second-order valence-electron chi connectivity index (χ2n) is 8.20. The lowest BCUT2D eigenvalue weighted by Crippen LogP contribution is -2.38. The van der Waals surface area contributed by atoms with Crippen LogP contribution in [0.4, 0.5) is 11.5 Å². The molecule has 1 aliphatic heterocycles. The zero-order valence-electron chi connectivity index (χ0n) is 18.9. The van der Waals surface area contributed by atoms with E-state index in [1.807, 2.05) is 47.4 Å². The van der Waals surface area contributed by atoms with Crippen molar-refractivity contribution in [2.45, 2.75) is 18.8 Å². The quantitative estimate of drug-likeness (QED) is 0.359. The van der Waals surface area contributed by atoms with Gasteiger partial charge in [0.1, 0.15) is 22.6 Å². The van der Waals surface area contributed by atoms with Crippen molar-refractivity contribution in [1.82, 2.24) is 24.8 Å². The number of likely N-dealkylation sites (tertiary alicyclic amines) is 1. The number of para-hydroxylation sites is 1. The molecular formula is C26H23ClN6O2. The summed E-state index contributed by atoms with van der Waals surface area (Å²) in [6.45, 7) is 4.96. The van der Waals surface area contributed by atoms with Crippen LogP contribution in [0.1, 0.15) is 24.5 Å². The Balaban J connectivity index is 1.39. The number of ether oxygens (including phenoxy) is 1. The van der Waals surface area contributed by atoms with E-state index in [-0.39, 0.29) is 11.8 Å². The van der Waals surface area contributed by atoms with Crippen LogP contribution in [0.15, 0.2) is 73.7 Å². The first-order valence-electron chi connectivity index (χ1n) is 11.3. The van der Waals surface area contributed by atoms with Gasteiger partial charge in [0.2, 0.25) is 11.8 Å². The standard InChI is InChI=1S/C26H23ClN6O2/c1-2-23(34)33-12-6-7-17(15-33)21-10-11-22-24(32-21)25(30-16-29-22)31-18-13-20(27)26(28-14-18)35-19-8-4-3-5-9-19/h2-5,8-11,13-14,16-17H,1,6-7,12,15H2,(H,29,30,31)/t17-/m1/s1. The van der Waals surface area contributed by atoms with Crippen LogP contribution in [0.2, 0.25) is 5.02 Å². The number of piperidine rings is 1. The van der Waals surface area contributed by atoms with Gasteiger partial charge >= 0.3 is 0 Å². The fraction of sp³-hybridized carbons (Fsp3) is 0.192. The maximum atomic E-state index is 12.1. The van der Waals surface area contributed by atoms with Gasteiger partial charge in [-0.1, -0.05) is 36.4 Å². The first kappa shape index (κ1) is 22.7. The highest BCUT2D eigenvalue weighted by molar-refractivity contribution is 6.32. The summed E-state index contributed by atoms with van der Waals surface area (Å²) in [4.78, 5) is 31.9. The molecular weight excluding hydrogens is 464 g/mol. The summed E-state index contributed by atoms with van der Waals surface area (Å²) in [6, 6.07) is 15.0. The Morgan fingerprint density at radius 2 is 2.03 bits per heavy atom. The molecule has 4 heterocycles. The fourth-order valence-electron chi connectivity index (χ4n) is 4.13. The minimum absolute atomic E-state index is 0.0507. The van der Waals surface area contributed by atoms with E-state index < -0.39 is 0 Å². The van der Waals surface area contributed by atoms with Gasteiger partial charge in [-0.05, 0) is 49.2 Å². The Morgan fingerprint density at radius 1 is 1.17 bits per heavy atom. The molecule has 35 heavy (non-hydrogen) atoms. The van der Waals surface area contributed by atoms with E-state index in [4.69, 9.17) is 21.3 Å². The topological polar surface area (TPSA) is 93.1 Å². The third-order valence-corrected chi connectivity index (χ3v) is 6.13. The van der Waals surface area contributed by atoms with Crippen LogP contribution in [0, 0.1) is 0 Å². The lowest BCUT2D eigenvalue weighted by molar-refractivity contribution is -0.127. The summed E-state index contributed by atoms with van der Waals surface area (Å²) < 4.78 is 5.76. The van der Waals surface area contributed by atoms with Gasteiger partial charge in [-0.15, -0.1) is 0 Å². The average molecular weight is 487 g/mol. The number of anilines is 2. The largest absolute Gasteiger partial charge is 0.438 e. The molecule has 1 atom stereocenters. The number of carbonyl (C=O) groups is 1. The van der Waals surface area contributed by atoms with Crippen molar-refractivity contribution in [3.63, 3.8) is 0 Å². The monoisotopic (exact) mass is 486 g/mol. The molecule has 3 aromatic heterocycles. The number of fused-ring (bicyclic) bond motifs is 1. The van der Waals surface area contributed by atoms with Crippen LogP contribution < -0.4 is 10.1 Å². The summed E-state index contributed by atoms with van der Waals surface area (Å²) >= 11 is 6.43. The number of rotatable bonds is 6. The van der Waals surface area contributed by atoms with Crippen molar-refractivity contribution in [2.24, 2.45) is 0 Å². The lowest BCUT2D eigenvalue weighted by Gasteiger charge is -2.31. The Kier molecular flexibility index (Phi) is 6.54. The predicted octanol–water partition coefficient (Wildman–Crippen LogP) is 5.50. The zero-order chi connectivity index (χ0) is 24.2. The molecule has 176 valence electrons. The number of amides is 1. The van der Waals surface area contributed by atoms with Crippen LogP contribution in [0.25, 0.3) is 11.0 Å². The summed E-state index contributed by atoms with van der Waals surface area (Å²) in [5.74, 6) is 1.59. The summed E-state index contributed by atoms with van der Waals surface area (Å²) in [6.07, 6.45) is 6.35. The molecule has 8 nitrogen and oxygen atoms in total. The van der Waals surface area contributed by atoms with Crippen LogP contribution in [0.3, 0.4) is 0 Å². The number of carbonyl (C=O) groups excluding carboxylic acids is 1. The number of pyridine rings is 2. The zero-order valence-corrected chi connectivity index (χ0v) is 19.7. The molecule has 1 aliphatic rings. The molecule has 1 N–H and O–H groups in total. The van der Waals surface area contributed by atoms with Crippen LogP contribution in [0.5, 0.6) is 11.6 Å². The summed E-state index contributed by atoms with van der Waals surface area (Å²) in [5, 5.41) is 3.61. The Labute approximate surface area is 207 Å². The predicted molar refractivity (Wildman–Crippen MR) is 135 cm³/mol. The van der Waals surface area contributed by atoms with Crippen molar-refractivity contribution >= 4 is 40.0 Å². The van der Waals surface area contributed by atoms with Crippen molar-refractivity contribution in [3.8, 4) is 11.6 Å². The van der Waals surface area contributed by atoms with E-state index >= 15 is 0 Å². The number of hydrogen-bond donors (Lipinski definition) is 1. The molecule has 0 spiro atoms. The summed E-state index contributed by atoms with van der Waals surface area (Å²) in [5.41, 5.74) is 2.89. The number of nitrogens with one attached hydrogen (secondary N) is 1. The maximum Gasteiger partial charge on any atom is 0.245 e. The van der Waals surface area contributed by atoms with Crippen molar-refractivity contribution in [2.75, 3.05) is 18.4 Å². The van der Waals surface area contributed by atoms with Gasteiger partial charge in [-0.2, -0.15) is 0 Å². The molecule has 0 saturated carbocycles. The molecule has 9 heteroatoms. The Hall–Kier alpha value is -4.04. The van der Waals surface area contributed by atoms with E-state index in [0.717, 1.165) is 25.1 Å². The van der Waals surface area contributed by atoms with Gasteiger partial charge in [-0.25, -0.2) is 19.9 Å². The highest BCUT2D eigenvalue weighted by Gasteiger charge is 2.25. The molecule has 1 saturated heterocycles. The molecule has 5 rings (SSSR count). The maximum absolute atomic E-state index is 12.1. The van der Waals surface area contributed by atoms with E-state index in [9.17, 15) is 4.79 Å². The number of hydrogen-bond acceptors (Lipinski definition) is 7. The van der Waals surface area contributed by atoms with Crippen LogP contribution in [-0.2, 0) is 4.79 Å². The SMILES string of the molecule is C=CC(=O)N1CCC[C@@H](c2ccc3ncnc(Nc4cnc(Oc5ccccc5)c(Cl)c4)c3n2)C1. The van der Waals surface area contributed by atoms with E-state index in [0.29, 0.717) is 45.7 Å².